The van der Waals surface area contributed by atoms with E-state index in [0.717, 1.165) is 43.7 Å². The van der Waals surface area contributed by atoms with Crippen LogP contribution < -0.4 is 19.7 Å². The van der Waals surface area contributed by atoms with Gasteiger partial charge in [0.15, 0.2) is 5.60 Å². The standard InChI is InChI=1S/C28H33Cl2N3O6/c1-16(34)31-20-11-19(30)25(38-27(2,3)26(36)37)12-21(20)33-14-22(23(35)15-33)32-8-6-28(7-9-32)13-17-10-18(29)4-5-24(17)39-28/h4-5,10-12,22-23,35H,6-9,13-15H2,1-3H3,(H,31,34)(H,36,37). The number of anilines is 2. The number of benzene rings is 2. The van der Waals surface area contributed by atoms with Gasteiger partial charge in [-0.2, -0.15) is 0 Å². The van der Waals surface area contributed by atoms with Crippen LogP contribution >= 0.6 is 23.2 Å². The molecule has 1 amide bonds. The number of carboxylic acid groups (broad SMARTS) is 1. The van der Waals surface area contributed by atoms with Gasteiger partial charge in [0.1, 0.15) is 17.1 Å². The molecule has 0 saturated carbocycles. The monoisotopic (exact) mass is 577 g/mol. The van der Waals surface area contributed by atoms with Crippen molar-refractivity contribution in [2.24, 2.45) is 0 Å². The Labute approximate surface area is 237 Å². The van der Waals surface area contributed by atoms with E-state index in [9.17, 15) is 19.8 Å². The molecule has 5 rings (SSSR count). The van der Waals surface area contributed by atoms with Crippen molar-refractivity contribution in [1.29, 1.82) is 0 Å². The molecular weight excluding hydrogens is 545 g/mol. The number of carbonyl (C=O) groups is 2. The lowest BCUT2D eigenvalue weighted by Gasteiger charge is -2.41. The van der Waals surface area contributed by atoms with Gasteiger partial charge in [0.05, 0.1) is 28.5 Å². The Morgan fingerprint density at radius 3 is 2.54 bits per heavy atom. The fourth-order valence-corrected chi connectivity index (χ4v) is 6.16. The summed E-state index contributed by atoms with van der Waals surface area (Å²) < 4.78 is 12.1. The van der Waals surface area contributed by atoms with Crippen LogP contribution in [-0.4, -0.2) is 76.5 Å². The predicted octanol–water partition coefficient (Wildman–Crippen LogP) is 4.21. The average Bonchev–Trinajstić information content (AvgIpc) is 3.40. The minimum absolute atomic E-state index is 0.124. The lowest BCUT2D eigenvalue weighted by Crippen LogP contribution is -2.53. The zero-order valence-corrected chi connectivity index (χ0v) is 23.7. The number of halogens is 2. The molecule has 3 aliphatic rings. The molecule has 11 heteroatoms. The summed E-state index contributed by atoms with van der Waals surface area (Å²) in [5.74, 6) is -0.326. The molecule has 0 radical (unpaired) electrons. The van der Waals surface area contributed by atoms with Gasteiger partial charge in [-0.3, -0.25) is 9.69 Å². The number of aliphatic hydroxyl groups is 1. The summed E-state index contributed by atoms with van der Waals surface area (Å²) in [7, 11) is 0. The third-order valence-electron chi connectivity index (χ3n) is 7.88. The van der Waals surface area contributed by atoms with Crippen molar-refractivity contribution in [2.45, 2.75) is 63.4 Å². The van der Waals surface area contributed by atoms with Gasteiger partial charge in [0, 0.05) is 63.5 Å². The molecular formula is C28H33Cl2N3O6. The first kappa shape index (κ1) is 27.8. The van der Waals surface area contributed by atoms with Gasteiger partial charge in [-0.05, 0) is 43.7 Å². The number of nitrogens with one attached hydrogen (secondary N) is 1. The maximum Gasteiger partial charge on any atom is 0.347 e. The van der Waals surface area contributed by atoms with Crippen LogP contribution in [0.4, 0.5) is 11.4 Å². The van der Waals surface area contributed by atoms with E-state index >= 15 is 0 Å². The van der Waals surface area contributed by atoms with E-state index in [4.69, 9.17) is 32.7 Å². The second-order valence-corrected chi connectivity index (χ2v) is 12.0. The number of ether oxygens (including phenoxy) is 2. The quantitative estimate of drug-likeness (QED) is 0.468. The van der Waals surface area contributed by atoms with Crippen LogP contribution in [0.15, 0.2) is 30.3 Å². The first-order valence-electron chi connectivity index (χ1n) is 13.0. The molecule has 3 aliphatic heterocycles. The molecule has 2 saturated heterocycles. The van der Waals surface area contributed by atoms with E-state index < -0.39 is 17.7 Å². The molecule has 2 aromatic rings. The molecule has 9 nitrogen and oxygen atoms in total. The number of amides is 1. The average molecular weight is 578 g/mol. The number of aliphatic hydroxyl groups excluding tert-OH is 1. The van der Waals surface area contributed by atoms with E-state index in [-0.39, 0.29) is 28.3 Å². The Balaban J connectivity index is 1.32. The summed E-state index contributed by atoms with van der Waals surface area (Å²) in [6, 6.07) is 8.82. The third-order valence-corrected chi connectivity index (χ3v) is 8.41. The minimum atomic E-state index is -1.51. The number of nitrogens with zero attached hydrogens (tertiary/aromatic N) is 2. The molecule has 1 spiro atoms. The summed E-state index contributed by atoms with van der Waals surface area (Å²) in [5.41, 5.74) is 0.451. The van der Waals surface area contributed by atoms with Crippen LogP contribution in [0.5, 0.6) is 11.5 Å². The number of likely N-dealkylation sites (tertiary alicyclic amines) is 1. The molecule has 3 heterocycles. The van der Waals surface area contributed by atoms with Crippen LogP contribution in [0.25, 0.3) is 0 Å². The number of piperidine rings is 1. The van der Waals surface area contributed by atoms with Gasteiger partial charge < -0.3 is 29.9 Å². The van der Waals surface area contributed by atoms with Gasteiger partial charge in [0.25, 0.3) is 0 Å². The lowest BCUT2D eigenvalue weighted by molar-refractivity contribution is -0.152. The maximum absolute atomic E-state index is 11.9. The summed E-state index contributed by atoms with van der Waals surface area (Å²) in [4.78, 5) is 27.8. The first-order chi connectivity index (χ1) is 18.4. The highest BCUT2D eigenvalue weighted by Gasteiger charge is 2.45. The van der Waals surface area contributed by atoms with Crippen LogP contribution in [0.2, 0.25) is 10.0 Å². The highest BCUT2D eigenvalue weighted by Crippen LogP contribution is 2.44. The largest absolute Gasteiger partial charge is 0.487 e. The van der Waals surface area contributed by atoms with Crippen molar-refractivity contribution < 1.29 is 29.3 Å². The van der Waals surface area contributed by atoms with Gasteiger partial charge in [-0.15, -0.1) is 0 Å². The summed E-state index contributed by atoms with van der Waals surface area (Å²) >= 11 is 12.6. The molecule has 0 aromatic heterocycles. The van der Waals surface area contributed by atoms with Gasteiger partial charge in [0.2, 0.25) is 5.91 Å². The molecule has 2 aromatic carbocycles. The maximum atomic E-state index is 11.9. The number of fused-ring (bicyclic) bond motifs is 1. The van der Waals surface area contributed by atoms with E-state index in [1.165, 1.54) is 20.8 Å². The normalized spacial score (nSPS) is 22.5. The van der Waals surface area contributed by atoms with Crippen molar-refractivity contribution in [3.05, 3.63) is 45.9 Å². The van der Waals surface area contributed by atoms with Crippen molar-refractivity contribution >= 4 is 46.5 Å². The molecule has 2 atom stereocenters. The number of hydrogen-bond donors (Lipinski definition) is 3. The first-order valence-corrected chi connectivity index (χ1v) is 13.8. The lowest BCUT2D eigenvalue weighted by atomic mass is 9.86. The Morgan fingerprint density at radius 1 is 1.15 bits per heavy atom. The Bertz CT molecular complexity index is 1290. The minimum Gasteiger partial charge on any atom is -0.487 e. The molecule has 2 fully saturated rings. The van der Waals surface area contributed by atoms with Crippen LogP contribution in [0.1, 0.15) is 39.2 Å². The Kier molecular flexibility index (Phi) is 7.39. The summed E-state index contributed by atoms with van der Waals surface area (Å²) in [6.07, 6.45) is 1.88. The predicted molar refractivity (Wildman–Crippen MR) is 149 cm³/mol. The molecule has 3 N–H and O–H groups in total. The molecule has 0 aliphatic carbocycles. The topological polar surface area (TPSA) is 112 Å². The fourth-order valence-electron chi connectivity index (χ4n) is 5.76. The highest BCUT2D eigenvalue weighted by molar-refractivity contribution is 6.32. The molecule has 0 bridgehead atoms. The molecule has 39 heavy (non-hydrogen) atoms. The van der Waals surface area contributed by atoms with E-state index in [2.05, 4.69) is 10.2 Å². The number of hydrogen-bond acceptors (Lipinski definition) is 7. The Hall–Kier alpha value is -2.72. The zero-order valence-electron chi connectivity index (χ0n) is 22.2. The highest BCUT2D eigenvalue weighted by atomic mass is 35.5. The number of rotatable bonds is 6. The van der Waals surface area contributed by atoms with E-state index in [1.54, 1.807) is 12.1 Å². The van der Waals surface area contributed by atoms with E-state index in [1.807, 2.05) is 23.1 Å². The van der Waals surface area contributed by atoms with Gasteiger partial charge in [-0.25, -0.2) is 4.79 Å². The summed E-state index contributed by atoms with van der Waals surface area (Å²) in [5, 5.41) is 24.3. The Morgan fingerprint density at radius 2 is 1.87 bits per heavy atom. The SMILES string of the molecule is CC(=O)Nc1cc(Cl)c(OC(C)(C)C(=O)O)cc1N1CC(O)C(N2CCC3(CC2)Cc2cc(Cl)ccc2O3)C1. The van der Waals surface area contributed by atoms with Gasteiger partial charge in [-0.1, -0.05) is 23.2 Å². The van der Waals surface area contributed by atoms with Crippen LogP contribution in [-0.2, 0) is 16.0 Å². The number of carbonyl (C=O) groups excluding carboxylic acids is 1. The fraction of sp³-hybridized carbons (Fsp3) is 0.500. The second kappa shape index (κ2) is 10.4. The third kappa shape index (κ3) is 5.63. The van der Waals surface area contributed by atoms with E-state index in [0.29, 0.717) is 29.5 Å². The smallest absolute Gasteiger partial charge is 0.347 e. The molecule has 210 valence electrons. The zero-order chi connectivity index (χ0) is 28.1. The van der Waals surface area contributed by atoms with Crippen molar-refractivity contribution in [1.82, 2.24) is 4.90 Å². The van der Waals surface area contributed by atoms with Crippen LogP contribution in [0.3, 0.4) is 0 Å². The number of carboxylic acids is 1. The van der Waals surface area contributed by atoms with Crippen LogP contribution in [0, 0.1) is 0 Å². The number of β-amino-alcohol motifs (C(OH)–C–C–N with tert-alkyl or cyclic N) is 1. The summed E-state index contributed by atoms with van der Waals surface area (Å²) in [6.45, 7) is 6.68. The molecule has 2 unspecified atom stereocenters. The van der Waals surface area contributed by atoms with Crippen molar-refractivity contribution in [2.75, 3.05) is 36.4 Å². The number of aliphatic carboxylic acids is 1. The van der Waals surface area contributed by atoms with Crippen molar-refractivity contribution in [3.63, 3.8) is 0 Å². The van der Waals surface area contributed by atoms with Crippen molar-refractivity contribution in [3.8, 4) is 11.5 Å². The second-order valence-electron chi connectivity index (χ2n) is 11.2. The van der Waals surface area contributed by atoms with Gasteiger partial charge >= 0.3 is 5.97 Å².